The van der Waals surface area contributed by atoms with E-state index in [4.69, 9.17) is 0 Å². The van der Waals surface area contributed by atoms with Crippen molar-refractivity contribution < 1.29 is 0 Å². The van der Waals surface area contributed by atoms with Crippen LogP contribution in [-0.2, 0) is 0 Å². The van der Waals surface area contributed by atoms with Gasteiger partial charge in [0.05, 0.1) is 11.2 Å². The number of nitrogens with one attached hydrogen (secondary N) is 1. The summed E-state index contributed by atoms with van der Waals surface area (Å²) in [5.74, 6) is 0.828. The van der Waals surface area contributed by atoms with Crippen molar-refractivity contribution in [3.8, 4) is 11.3 Å². The first-order valence-corrected chi connectivity index (χ1v) is 6.57. The Morgan fingerprint density at radius 2 is 1.85 bits per heavy atom. The summed E-state index contributed by atoms with van der Waals surface area (Å²) >= 11 is 0. The second-order valence-corrected chi connectivity index (χ2v) is 4.81. The van der Waals surface area contributed by atoms with Crippen molar-refractivity contribution in [3.63, 3.8) is 0 Å². The van der Waals surface area contributed by atoms with Crippen LogP contribution in [0.3, 0.4) is 0 Å². The molecule has 4 nitrogen and oxygen atoms in total. The normalized spacial score (nSPS) is 10.8. The molecule has 0 unspecified atom stereocenters. The molecule has 2 heterocycles. The van der Waals surface area contributed by atoms with Gasteiger partial charge in [0, 0.05) is 24.2 Å². The van der Waals surface area contributed by atoms with E-state index in [0.717, 1.165) is 39.1 Å². The molecule has 0 saturated heterocycles. The molecule has 4 heteroatoms. The fourth-order valence-corrected chi connectivity index (χ4v) is 2.34. The molecule has 3 aromatic rings. The monoisotopic (exact) mass is 264 g/mol. The number of pyridine rings is 1. The van der Waals surface area contributed by atoms with Crippen LogP contribution in [0.4, 0.5) is 5.82 Å². The van der Waals surface area contributed by atoms with Gasteiger partial charge in [-0.3, -0.25) is 4.98 Å². The van der Waals surface area contributed by atoms with Crippen molar-refractivity contribution in [2.75, 3.05) is 12.4 Å². The molecule has 0 fully saturated rings. The van der Waals surface area contributed by atoms with E-state index in [-0.39, 0.29) is 0 Å². The molecule has 0 spiro atoms. The highest BCUT2D eigenvalue weighted by Gasteiger charge is 2.11. The van der Waals surface area contributed by atoms with Crippen LogP contribution >= 0.6 is 0 Å². The minimum Gasteiger partial charge on any atom is -0.371 e. The van der Waals surface area contributed by atoms with Gasteiger partial charge in [0.1, 0.15) is 0 Å². The zero-order valence-corrected chi connectivity index (χ0v) is 11.8. The Bertz CT molecular complexity index is 781. The van der Waals surface area contributed by atoms with Gasteiger partial charge in [-0.2, -0.15) is 0 Å². The first kappa shape index (κ1) is 12.5. The van der Waals surface area contributed by atoms with Gasteiger partial charge in [-0.05, 0) is 43.2 Å². The number of hydrogen-bond donors (Lipinski definition) is 1. The Hall–Kier alpha value is -2.49. The Morgan fingerprint density at radius 3 is 2.65 bits per heavy atom. The van der Waals surface area contributed by atoms with Crippen LogP contribution in [0.25, 0.3) is 22.2 Å². The molecular weight excluding hydrogens is 248 g/mol. The average molecular weight is 264 g/mol. The third kappa shape index (κ3) is 1.99. The zero-order valence-electron chi connectivity index (χ0n) is 11.8. The molecular formula is C16H16N4. The summed E-state index contributed by atoms with van der Waals surface area (Å²) in [7, 11) is 1.86. The quantitative estimate of drug-likeness (QED) is 0.771. The molecule has 1 aromatic carbocycles. The fraction of sp³-hybridized carbons (Fsp3) is 0.188. The highest BCUT2D eigenvalue weighted by molar-refractivity contribution is 5.84. The van der Waals surface area contributed by atoms with Crippen molar-refractivity contribution in [1.82, 2.24) is 15.2 Å². The van der Waals surface area contributed by atoms with Gasteiger partial charge in [-0.25, -0.2) is 0 Å². The maximum atomic E-state index is 4.35. The third-order valence-electron chi connectivity index (χ3n) is 3.64. The summed E-state index contributed by atoms with van der Waals surface area (Å²) in [5.41, 5.74) is 5.26. The Balaban J connectivity index is 2.18. The average Bonchev–Trinajstić information content (AvgIpc) is 2.49. The molecule has 0 radical (unpaired) electrons. The van der Waals surface area contributed by atoms with Gasteiger partial charge in [-0.15, -0.1) is 10.2 Å². The molecule has 0 saturated carbocycles. The fourth-order valence-electron chi connectivity index (χ4n) is 2.34. The number of anilines is 1. The van der Waals surface area contributed by atoms with Crippen molar-refractivity contribution in [2.45, 2.75) is 13.8 Å². The summed E-state index contributed by atoms with van der Waals surface area (Å²) in [6.07, 6.45) is 1.80. The Labute approximate surface area is 117 Å². The van der Waals surface area contributed by atoms with Crippen LogP contribution in [0.2, 0.25) is 0 Å². The van der Waals surface area contributed by atoms with Crippen molar-refractivity contribution in [1.29, 1.82) is 0 Å². The number of aromatic nitrogens is 3. The molecule has 0 amide bonds. The Morgan fingerprint density at radius 1 is 1.00 bits per heavy atom. The first-order chi connectivity index (χ1) is 9.70. The number of nitrogens with zero attached hydrogens (tertiary/aromatic N) is 3. The molecule has 3 rings (SSSR count). The first-order valence-electron chi connectivity index (χ1n) is 6.57. The zero-order chi connectivity index (χ0) is 14.1. The van der Waals surface area contributed by atoms with E-state index >= 15 is 0 Å². The van der Waals surface area contributed by atoms with Gasteiger partial charge >= 0.3 is 0 Å². The molecule has 1 N–H and O–H groups in total. The van der Waals surface area contributed by atoms with Crippen molar-refractivity contribution in [3.05, 3.63) is 47.7 Å². The summed E-state index contributed by atoms with van der Waals surface area (Å²) in [4.78, 5) is 4.34. The van der Waals surface area contributed by atoms with E-state index in [0.29, 0.717) is 0 Å². The van der Waals surface area contributed by atoms with Crippen LogP contribution < -0.4 is 5.32 Å². The van der Waals surface area contributed by atoms with E-state index in [1.165, 1.54) is 0 Å². The van der Waals surface area contributed by atoms with Crippen LogP contribution in [-0.4, -0.2) is 22.2 Å². The smallest absolute Gasteiger partial charge is 0.151 e. The van der Waals surface area contributed by atoms with Crippen molar-refractivity contribution >= 4 is 16.7 Å². The van der Waals surface area contributed by atoms with Crippen molar-refractivity contribution in [2.24, 2.45) is 0 Å². The number of hydrogen-bond acceptors (Lipinski definition) is 4. The lowest BCUT2D eigenvalue weighted by Gasteiger charge is -2.11. The van der Waals surface area contributed by atoms with E-state index in [1.54, 1.807) is 6.20 Å². The molecule has 100 valence electrons. The third-order valence-corrected chi connectivity index (χ3v) is 3.64. The molecule has 2 aromatic heterocycles. The Kier molecular flexibility index (Phi) is 3.06. The SMILES string of the molecule is CNc1nnc(-c2ccc3ncccc3c2)c(C)c1C. The van der Waals surface area contributed by atoms with Crippen LogP contribution in [0.5, 0.6) is 0 Å². The molecule has 0 atom stereocenters. The number of benzene rings is 1. The molecule has 0 aliphatic rings. The molecule has 0 bridgehead atoms. The summed E-state index contributed by atoms with van der Waals surface area (Å²) in [5, 5.41) is 12.8. The highest BCUT2D eigenvalue weighted by atomic mass is 15.2. The minimum atomic E-state index is 0.828. The van der Waals surface area contributed by atoms with Crippen LogP contribution in [0, 0.1) is 13.8 Å². The maximum absolute atomic E-state index is 4.35. The largest absolute Gasteiger partial charge is 0.371 e. The molecule has 0 aliphatic heterocycles. The number of fused-ring (bicyclic) bond motifs is 1. The predicted molar refractivity (Wildman–Crippen MR) is 81.8 cm³/mol. The molecule has 0 aliphatic carbocycles. The van der Waals surface area contributed by atoms with E-state index in [2.05, 4.69) is 46.5 Å². The lowest BCUT2D eigenvalue weighted by molar-refractivity contribution is 1.00. The van der Waals surface area contributed by atoms with Gasteiger partial charge < -0.3 is 5.32 Å². The lowest BCUT2D eigenvalue weighted by Crippen LogP contribution is -2.02. The summed E-state index contributed by atoms with van der Waals surface area (Å²) in [6.45, 7) is 4.13. The standard InChI is InChI=1S/C16H16N4/c1-10-11(2)16(17-3)20-19-15(10)13-6-7-14-12(9-13)5-4-8-18-14/h4-9H,1-3H3,(H,17,20). The topological polar surface area (TPSA) is 50.7 Å². The van der Waals surface area contributed by atoms with Gasteiger partial charge in [0.25, 0.3) is 0 Å². The van der Waals surface area contributed by atoms with Gasteiger partial charge in [0.2, 0.25) is 0 Å². The maximum Gasteiger partial charge on any atom is 0.151 e. The van der Waals surface area contributed by atoms with Gasteiger partial charge in [-0.1, -0.05) is 12.1 Å². The minimum absolute atomic E-state index is 0.828. The van der Waals surface area contributed by atoms with Crippen LogP contribution in [0.1, 0.15) is 11.1 Å². The van der Waals surface area contributed by atoms with Crippen LogP contribution in [0.15, 0.2) is 36.5 Å². The number of rotatable bonds is 2. The lowest BCUT2D eigenvalue weighted by atomic mass is 10.0. The summed E-state index contributed by atoms with van der Waals surface area (Å²) in [6, 6.07) is 10.2. The van der Waals surface area contributed by atoms with Gasteiger partial charge in [0.15, 0.2) is 5.82 Å². The van der Waals surface area contributed by atoms with E-state index in [9.17, 15) is 0 Å². The second kappa shape index (κ2) is 4.89. The predicted octanol–water partition coefficient (Wildman–Crippen LogP) is 3.35. The second-order valence-electron chi connectivity index (χ2n) is 4.81. The summed E-state index contributed by atoms with van der Waals surface area (Å²) < 4.78 is 0. The van der Waals surface area contributed by atoms with E-state index < -0.39 is 0 Å². The van der Waals surface area contributed by atoms with E-state index in [1.807, 2.05) is 25.2 Å². The highest BCUT2D eigenvalue weighted by Crippen LogP contribution is 2.27. The molecule has 20 heavy (non-hydrogen) atoms.